The first-order valence-corrected chi connectivity index (χ1v) is 20.3. The summed E-state index contributed by atoms with van der Waals surface area (Å²) < 4.78 is 2.11. The Balaban J connectivity index is 0.746. The van der Waals surface area contributed by atoms with E-state index in [-0.39, 0.29) is 17.7 Å². The molecular weight excluding hydrogens is 697 g/mol. The number of carbonyl (C=O) groups is 2. The molecule has 0 saturated carbocycles. The number of allylic oxidation sites excluding steroid dienone is 1. The summed E-state index contributed by atoms with van der Waals surface area (Å²) in [4.78, 5) is 32.7. The highest BCUT2D eigenvalue weighted by atomic mass is 16.3. The van der Waals surface area contributed by atoms with E-state index in [1.807, 2.05) is 30.5 Å². The van der Waals surface area contributed by atoms with Gasteiger partial charge in [0.05, 0.1) is 12.2 Å². The maximum atomic E-state index is 13.2. The number of hydrogen-bond donors (Lipinski definition) is 2. The summed E-state index contributed by atoms with van der Waals surface area (Å²) in [5.74, 6) is 1.43. The SMILES string of the molecule is C=C1CCC(N2Cc3cc(-c4cnn(C5CN(C[C@H]6CCN(c7ccc([C@H]8c9ccc(O)cc9CC[C@H]8c8ccccc8)cc7)C6)C5)c4)ccc3C2=O)C(=O)N1. The van der Waals surface area contributed by atoms with Gasteiger partial charge in [-0.2, -0.15) is 5.10 Å². The van der Waals surface area contributed by atoms with Gasteiger partial charge in [0.2, 0.25) is 5.91 Å². The molecule has 2 amide bonds. The number of rotatable bonds is 8. The van der Waals surface area contributed by atoms with Crippen LogP contribution in [-0.4, -0.2) is 75.3 Å². The predicted molar refractivity (Wildman–Crippen MR) is 218 cm³/mol. The number of likely N-dealkylation sites (tertiary alicyclic amines) is 1. The standard InChI is InChI=1S/C47H48N6O3/c1-30-7-18-44(46(55)49-30)52-26-36-21-34(10-16-43(36)47(52)56)37-23-48-53(27-37)39-28-50(29-39)24-31-19-20-51(25-31)38-12-8-33(9-13-38)45-41(32-5-3-2-4-6-32)15-11-35-22-40(54)14-17-42(35)45/h2-6,8-10,12-14,16-17,21-23,27,31,39,41,44-45,54H,1,7,11,15,18-20,24-26,28-29H2,(H,49,55)/t31-,41+,44?,45-/m1/s1. The van der Waals surface area contributed by atoms with Crippen molar-refractivity contribution in [3.63, 3.8) is 0 Å². The molecule has 284 valence electrons. The highest BCUT2D eigenvalue weighted by molar-refractivity contribution is 6.02. The third-order valence-corrected chi connectivity index (χ3v) is 13.1. The molecule has 3 fully saturated rings. The summed E-state index contributed by atoms with van der Waals surface area (Å²) in [7, 11) is 0. The van der Waals surface area contributed by atoms with E-state index in [9.17, 15) is 14.7 Å². The second-order valence-electron chi connectivity index (χ2n) is 16.6. The van der Waals surface area contributed by atoms with E-state index < -0.39 is 6.04 Å². The van der Waals surface area contributed by atoms with Crippen molar-refractivity contribution >= 4 is 17.5 Å². The Bertz CT molecular complexity index is 2310. The smallest absolute Gasteiger partial charge is 0.255 e. The third kappa shape index (κ3) is 6.37. The fraction of sp³-hybridized carbons (Fsp3) is 0.340. The number of piperidine rings is 1. The Labute approximate surface area is 328 Å². The number of anilines is 1. The quantitative estimate of drug-likeness (QED) is 0.174. The molecule has 9 nitrogen and oxygen atoms in total. The molecule has 1 unspecified atom stereocenters. The Hall–Kier alpha value is -5.67. The zero-order valence-electron chi connectivity index (χ0n) is 31.7. The fourth-order valence-corrected chi connectivity index (χ4v) is 10.1. The van der Waals surface area contributed by atoms with Crippen molar-refractivity contribution in [2.75, 3.05) is 37.6 Å². The molecular formula is C47H48N6O3. The average Bonchev–Trinajstić information content (AvgIpc) is 3.95. The molecule has 2 N–H and O–H groups in total. The van der Waals surface area contributed by atoms with E-state index in [1.165, 1.54) is 34.4 Å². The molecule has 0 spiro atoms. The van der Waals surface area contributed by atoms with Gasteiger partial charge in [-0.05, 0) is 114 Å². The van der Waals surface area contributed by atoms with Gasteiger partial charge in [0.1, 0.15) is 11.8 Å². The van der Waals surface area contributed by atoms with Crippen LogP contribution >= 0.6 is 0 Å². The number of nitrogens with one attached hydrogen (secondary N) is 1. The highest BCUT2D eigenvalue weighted by Crippen LogP contribution is 2.47. The maximum absolute atomic E-state index is 13.2. The lowest BCUT2D eigenvalue weighted by atomic mass is 9.69. The van der Waals surface area contributed by atoms with E-state index in [0.29, 0.717) is 48.6 Å². The molecule has 5 aromatic rings. The van der Waals surface area contributed by atoms with Gasteiger partial charge in [-0.25, -0.2) is 0 Å². The number of carbonyl (C=O) groups excluding carboxylic acids is 2. The Kier molecular flexibility index (Phi) is 8.77. The van der Waals surface area contributed by atoms with Crippen molar-refractivity contribution < 1.29 is 14.7 Å². The molecule has 9 heteroatoms. The Morgan fingerprint density at radius 2 is 1.66 bits per heavy atom. The van der Waals surface area contributed by atoms with Crippen molar-refractivity contribution in [2.45, 2.75) is 62.6 Å². The van der Waals surface area contributed by atoms with Crippen LogP contribution in [0.2, 0.25) is 0 Å². The molecule has 0 radical (unpaired) electrons. The van der Waals surface area contributed by atoms with Crippen molar-refractivity contribution in [3.05, 3.63) is 149 Å². The van der Waals surface area contributed by atoms with Crippen LogP contribution in [0.25, 0.3) is 11.1 Å². The summed E-state index contributed by atoms with van der Waals surface area (Å²) in [5.41, 5.74) is 11.1. The molecule has 3 saturated heterocycles. The minimum absolute atomic E-state index is 0.0748. The number of hydrogen-bond acceptors (Lipinski definition) is 6. The van der Waals surface area contributed by atoms with Crippen LogP contribution in [0.4, 0.5) is 5.69 Å². The zero-order chi connectivity index (χ0) is 37.9. The largest absolute Gasteiger partial charge is 0.508 e. The lowest BCUT2D eigenvalue weighted by Gasteiger charge is -2.40. The first-order chi connectivity index (χ1) is 27.3. The van der Waals surface area contributed by atoms with Gasteiger partial charge in [-0.3, -0.25) is 19.2 Å². The molecule has 5 aliphatic rings. The summed E-state index contributed by atoms with van der Waals surface area (Å²) in [6, 6.07) is 32.1. The molecule has 1 aliphatic carbocycles. The Morgan fingerprint density at radius 3 is 2.48 bits per heavy atom. The van der Waals surface area contributed by atoms with E-state index in [1.54, 1.807) is 4.90 Å². The van der Waals surface area contributed by atoms with Crippen LogP contribution < -0.4 is 10.2 Å². The van der Waals surface area contributed by atoms with Crippen molar-refractivity contribution in [3.8, 4) is 16.9 Å². The van der Waals surface area contributed by atoms with Gasteiger partial charge >= 0.3 is 0 Å². The number of aromatic hydroxyl groups is 1. The summed E-state index contributed by atoms with van der Waals surface area (Å²) in [6.07, 6.45) is 8.61. The topological polar surface area (TPSA) is 93.9 Å². The van der Waals surface area contributed by atoms with Crippen LogP contribution in [0.1, 0.15) is 81.7 Å². The number of amides is 2. The molecule has 5 heterocycles. The number of aryl methyl sites for hydroxylation is 1. The minimum Gasteiger partial charge on any atom is -0.508 e. The lowest BCUT2D eigenvalue weighted by Crippen LogP contribution is -2.49. The average molecular weight is 745 g/mol. The van der Waals surface area contributed by atoms with Gasteiger partial charge in [-0.1, -0.05) is 61.2 Å². The predicted octanol–water partition coefficient (Wildman–Crippen LogP) is 7.25. The summed E-state index contributed by atoms with van der Waals surface area (Å²) >= 11 is 0. The highest BCUT2D eigenvalue weighted by Gasteiger charge is 2.39. The zero-order valence-corrected chi connectivity index (χ0v) is 31.7. The first kappa shape index (κ1) is 34.8. The van der Waals surface area contributed by atoms with Gasteiger partial charge in [0.25, 0.3) is 5.91 Å². The molecule has 4 aliphatic heterocycles. The normalized spacial score (nSPS) is 23.9. The third-order valence-electron chi connectivity index (χ3n) is 13.1. The molecule has 1 aromatic heterocycles. The van der Waals surface area contributed by atoms with Gasteiger partial charge in [0.15, 0.2) is 0 Å². The monoisotopic (exact) mass is 744 g/mol. The summed E-state index contributed by atoms with van der Waals surface area (Å²) in [5, 5.41) is 17.8. The van der Waals surface area contributed by atoms with Crippen LogP contribution in [-0.2, 0) is 17.8 Å². The van der Waals surface area contributed by atoms with E-state index in [0.717, 1.165) is 68.0 Å². The molecule has 4 aromatic carbocycles. The van der Waals surface area contributed by atoms with Crippen molar-refractivity contribution in [1.82, 2.24) is 24.9 Å². The first-order valence-electron chi connectivity index (χ1n) is 20.3. The Morgan fingerprint density at radius 1 is 0.821 bits per heavy atom. The second kappa shape index (κ2) is 14.1. The molecule has 4 atom stereocenters. The van der Waals surface area contributed by atoms with Crippen molar-refractivity contribution in [1.29, 1.82) is 0 Å². The second-order valence-corrected chi connectivity index (χ2v) is 16.6. The van der Waals surface area contributed by atoms with Crippen LogP contribution in [0.5, 0.6) is 5.75 Å². The molecule has 0 bridgehead atoms. The maximum Gasteiger partial charge on any atom is 0.255 e. The van der Waals surface area contributed by atoms with E-state index >= 15 is 0 Å². The van der Waals surface area contributed by atoms with Crippen LogP contribution in [0, 0.1) is 5.92 Å². The number of phenols is 1. The fourth-order valence-electron chi connectivity index (χ4n) is 10.1. The number of aromatic nitrogens is 2. The number of phenolic OH excluding ortho intramolecular Hbond substituents is 1. The lowest BCUT2D eigenvalue weighted by molar-refractivity contribution is -0.126. The van der Waals surface area contributed by atoms with Crippen molar-refractivity contribution in [2.24, 2.45) is 5.92 Å². The number of benzene rings is 4. The van der Waals surface area contributed by atoms with Gasteiger partial charge in [0, 0.05) is 73.9 Å². The summed E-state index contributed by atoms with van der Waals surface area (Å²) in [6.45, 7) is 9.57. The van der Waals surface area contributed by atoms with Gasteiger partial charge < -0.3 is 20.2 Å². The van der Waals surface area contributed by atoms with Gasteiger partial charge in [-0.15, -0.1) is 0 Å². The minimum atomic E-state index is -0.454. The molecule has 56 heavy (non-hydrogen) atoms. The van der Waals surface area contributed by atoms with E-state index in [4.69, 9.17) is 5.10 Å². The number of fused-ring (bicyclic) bond motifs is 2. The number of nitrogens with zero attached hydrogens (tertiary/aromatic N) is 5. The van der Waals surface area contributed by atoms with Crippen LogP contribution in [0.15, 0.2) is 116 Å². The van der Waals surface area contributed by atoms with E-state index in [2.05, 4.69) is 99.3 Å². The van der Waals surface area contributed by atoms with Crippen LogP contribution in [0.3, 0.4) is 0 Å². The molecule has 10 rings (SSSR count).